The smallest absolute Gasteiger partial charge is 0.223 e. The molecule has 0 radical (unpaired) electrons. The molecule has 29 heavy (non-hydrogen) atoms. The molecule has 0 spiro atoms. The predicted molar refractivity (Wildman–Crippen MR) is 121 cm³/mol. The number of carbonyl (C=O) groups excluding carboxylic acids is 1. The number of hydrogen-bond donors (Lipinski definition) is 1. The maximum absolute atomic E-state index is 11.2. The molecule has 1 heterocycles. The Morgan fingerprint density at radius 1 is 0.759 bits per heavy atom. The quantitative estimate of drug-likeness (QED) is 0.377. The molecule has 1 aromatic heterocycles. The zero-order chi connectivity index (χ0) is 20.5. The zero-order valence-corrected chi connectivity index (χ0v) is 19.5. The van der Waals surface area contributed by atoms with E-state index in [2.05, 4.69) is 23.8 Å². The molecule has 1 rings (SSSR count). The van der Waals surface area contributed by atoms with Gasteiger partial charge in [0.1, 0.15) is 0 Å². The molecule has 3 nitrogen and oxygen atoms in total. The predicted octanol–water partition coefficient (Wildman–Crippen LogP) is 4.01. The van der Waals surface area contributed by atoms with Crippen LogP contribution >= 0.6 is 0 Å². The minimum atomic E-state index is 0. The lowest BCUT2D eigenvalue weighted by molar-refractivity contribution is -0.377. The van der Waals surface area contributed by atoms with Crippen LogP contribution in [0.25, 0.3) is 0 Å². The van der Waals surface area contributed by atoms with Crippen LogP contribution in [0.2, 0.25) is 0 Å². The lowest BCUT2D eigenvalue weighted by Crippen LogP contribution is -3.00. The van der Waals surface area contributed by atoms with Crippen LogP contribution in [0.3, 0.4) is 0 Å². The molecule has 0 aliphatic rings. The summed E-state index contributed by atoms with van der Waals surface area (Å²) in [4.78, 5) is 14.1. The van der Waals surface area contributed by atoms with Crippen molar-refractivity contribution in [1.82, 2.24) is 5.32 Å². The van der Waals surface area contributed by atoms with E-state index in [-0.39, 0.29) is 18.3 Å². The van der Waals surface area contributed by atoms with E-state index in [1.165, 1.54) is 96.1 Å². The van der Waals surface area contributed by atoms with Gasteiger partial charge in [0.05, 0.1) is 0 Å². The number of rotatable bonds is 17. The summed E-state index contributed by atoms with van der Waals surface area (Å²) in [7, 11) is 0. The highest BCUT2D eigenvalue weighted by Gasteiger charge is 1.98. The van der Waals surface area contributed by atoms with E-state index >= 15 is 0 Å². The Kier molecular flexibility index (Phi) is 27.4. The molecule has 2 N–H and O–H groups in total. The van der Waals surface area contributed by atoms with Crippen molar-refractivity contribution in [3.63, 3.8) is 0 Å². The van der Waals surface area contributed by atoms with Gasteiger partial charge in [-0.05, 0) is 12.6 Å². The Labute approximate surface area is 186 Å². The summed E-state index contributed by atoms with van der Waals surface area (Å²) in [5.74, 6) is 0.102. The van der Waals surface area contributed by atoms with Crippen LogP contribution in [0.4, 0.5) is 0 Å². The number of hydrogen-bond acceptors (Lipinski definition) is 1. The first-order chi connectivity index (χ1) is 13.8. The van der Waals surface area contributed by atoms with Gasteiger partial charge in [-0.1, -0.05) is 109 Å². The van der Waals surface area contributed by atoms with Crippen molar-refractivity contribution in [2.24, 2.45) is 0 Å². The second-order valence-corrected chi connectivity index (χ2v) is 7.55. The molecular weight excluding hydrogens is 380 g/mol. The molecule has 0 aliphatic heterocycles. The molecule has 0 unspecified atom stereocenters. The SMILES string of the molecule is C=CNC(=O)CCCCCCCCCCCCCCCCC.[Cl-].c1cc[nH+]cc1. The first-order valence-corrected chi connectivity index (χ1v) is 11.6. The van der Waals surface area contributed by atoms with Crippen LogP contribution < -0.4 is 22.7 Å². The van der Waals surface area contributed by atoms with Crippen molar-refractivity contribution in [2.75, 3.05) is 0 Å². The van der Waals surface area contributed by atoms with Gasteiger partial charge >= 0.3 is 0 Å². The summed E-state index contributed by atoms with van der Waals surface area (Å²) in [5.41, 5.74) is 0. The van der Waals surface area contributed by atoms with Crippen LogP contribution in [-0.4, -0.2) is 5.91 Å². The Hall–Kier alpha value is -1.35. The largest absolute Gasteiger partial charge is 1.00 e. The standard InChI is InChI=1S/C20H39NO.C5H5N.ClH/c1-3-5-6-7-8-9-10-11-12-13-14-15-16-17-18-19-20(22)21-4-2;1-2-4-6-5-3-1;/h4H,2-3,5-19H2,1H3,(H,21,22);1-5H;1H. The van der Waals surface area contributed by atoms with Crippen molar-refractivity contribution in [1.29, 1.82) is 0 Å². The van der Waals surface area contributed by atoms with Crippen LogP contribution in [0.15, 0.2) is 43.4 Å². The monoisotopic (exact) mass is 424 g/mol. The van der Waals surface area contributed by atoms with Gasteiger partial charge in [0.15, 0.2) is 12.4 Å². The van der Waals surface area contributed by atoms with Gasteiger partial charge in [0.25, 0.3) is 0 Å². The number of pyridine rings is 1. The molecule has 0 aliphatic carbocycles. The van der Waals surface area contributed by atoms with Gasteiger partial charge in [-0.3, -0.25) is 4.79 Å². The van der Waals surface area contributed by atoms with E-state index in [1.54, 1.807) is 0 Å². The van der Waals surface area contributed by atoms with Gasteiger partial charge in [0.2, 0.25) is 5.91 Å². The summed E-state index contributed by atoms with van der Waals surface area (Å²) in [5, 5.41) is 2.62. The van der Waals surface area contributed by atoms with Gasteiger partial charge in [0, 0.05) is 18.6 Å². The molecule has 1 aromatic rings. The maximum atomic E-state index is 11.2. The number of unbranched alkanes of at least 4 members (excludes halogenated alkanes) is 14. The minimum Gasteiger partial charge on any atom is -1.00 e. The minimum absolute atomic E-state index is 0. The van der Waals surface area contributed by atoms with Crippen LogP contribution in [-0.2, 0) is 4.79 Å². The van der Waals surface area contributed by atoms with Gasteiger partial charge < -0.3 is 17.7 Å². The second kappa shape index (κ2) is 26.6. The molecule has 1 amide bonds. The van der Waals surface area contributed by atoms with Crippen molar-refractivity contribution >= 4 is 5.91 Å². The van der Waals surface area contributed by atoms with Crippen LogP contribution in [0, 0.1) is 0 Å². The summed E-state index contributed by atoms with van der Waals surface area (Å²) >= 11 is 0. The highest BCUT2D eigenvalue weighted by molar-refractivity contribution is 5.76. The number of aromatic nitrogens is 1. The fourth-order valence-corrected chi connectivity index (χ4v) is 3.18. The number of H-pyrrole nitrogens is 1. The number of nitrogens with one attached hydrogen (secondary N) is 2. The third kappa shape index (κ3) is 26.6. The highest BCUT2D eigenvalue weighted by Crippen LogP contribution is 2.13. The van der Waals surface area contributed by atoms with E-state index in [0.29, 0.717) is 6.42 Å². The molecule has 0 fully saturated rings. The number of carbonyl (C=O) groups is 1. The van der Waals surface area contributed by atoms with Gasteiger partial charge in [-0.2, -0.15) is 0 Å². The lowest BCUT2D eigenvalue weighted by atomic mass is 10.0. The van der Waals surface area contributed by atoms with E-state index in [1.807, 2.05) is 30.6 Å². The Morgan fingerprint density at radius 3 is 1.48 bits per heavy atom. The number of halogens is 1. The van der Waals surface area contributed by atoms with Crippen molar-refractivity contribution in [3.8, 4) is 0 Å². The summed E-state index contributed by atoms with van der Waals surface area (Å²) in [6, 6.07) is 5.86. The third-order valence-electron chi connectivity index (χ3n) is 4.88. The maximum Gasteiger partial charge on any atom is 0.223 e. The second-order valence-electron chi connectivity index (χ2n) is 7.55. The van der Waals surface area contributed by atoms with Crippen molar-refractivity contribution < 1.29 is 22.2 Å². The lowest BCUT2D eigenvalue weighted by Gasteiger charge is -2.03. The fraction of sp³-hybridized carbons (Fsp3) is 0.680. The highest BCUT2D eigenvalue weighted by atomic mass is 35.5. The van der Waals surface area contributed by atoms with E-state index in [4.69, 9.17) is 0 Å². The summed E-state index contributed by atoms with van der Waals surface area (Å²) < 4.78 is 0. The first kappa shape index (κ1) is 29.8. The summed E-state index contributed by atoms with van der Waals surface area (Å²) in [6.45, 7) is 5.77. The number of aromatic amines is 1. The average Bonchev–Trinajstić information content (AvgIpc) is 2.73. The molecule has 168 valence electrons. The molecular formula is C25H45ClN2O. The van der Waals surface area contributed by atoms with E-state index < -0.39 is 0 Å². The normalized spacial score (nSPS) is 9.69. The van der Waals surface area contributed by atoms with Gasteiger partial charge in [-0.15, -0.1) is 0 Å². The average molecular weight is 425 g/mol. The Bertz CT molecular complexity index is 413. The number of amides is 1. The van der Waals surface area contributed by atoms with Crippen LogP contribution in [0.5, 0.6) is 0 Å². The zero-order valence-electron chi connectivity index (χ0n) is 18.8. The third-order valence-corrected chi connectivity index (χ3v) is 4.88. The molecule has 0 aromatic carbocycles. The fourth-order valence-electron chi connectivity index (χ4n) is 3.18. The molecule has 0 atom stereocenters. The summed E-state index contributed by atoms with van der Waals surface area (Å²) in [6.07, 6.45) is 26.2. The molecule has 0 bridgehead atoms. The van der Waals surface area contributed by atoms with E-state index in [0.717, 1.165) is 6.42 Å². The molecule has 4 heteroatoms. The first-order valence-electron chi connectivity index (χ1n) is 11.6. The topological polar surface area (TPSA) is 43.2 Å². The Morgan fingerprint density at radius 2 is 1.17 bits per heavy atom. The molecule has 0 saturated carbocycles. The van der Waals surface area contributed by atoms with Crippen molar-refractivity contribution in [2.45, 2.75) is 110 Å². The van der Waals surface area contributed by atoms with Gasteiger partial charge in [-0.25, -0.2) is 4.98 Å². The van der Waals surface area contributed by atoms with Crippen molar-refractivity contribution in [3.05, 3.63) is 43.4 Å². The van der Waals surface area contributed by atoms with Crippen LogP contribution in [0.1, 0.15) is 110 Å². The Balaban J connectivity index is 0. The molecule has 0 saturated heterocycles. The van der Waals surface area contributed by atoms with E-state index in [9.17, 15) is 4.79 Å².